The zero-order chi connectivity index (χ0) is 13.2. The molecule has 0 radical (unpaired) electrons. The Balaban J connectivity index is 1.76. The number of aryl methyl sites for hydroxylation is 1. The van der Waals surface area contributed by atoms with Gasteiger partial charge < -0.3 is 9.73 Å². The number of rotatable bonds is 3. The monoisotopic (exact) mass is 272 g/mol. The molecule has 3 rings (SSSR count). The van der Waals surface area contributed by atoms with Gasteiger partial charge in [0.15, 0.2) is 5.58 Å². The predicted octanol–water partition coefficient (Wildman–Crippen LogP) is 4.40. The lowest BCUT2D eigenvalue weighted by Gasteiger charge is -2.03. The highest BCUT2D eigenvalue weighted by molar-refractivity contribution is 6.31. The average molecular weight is 273 g/mol. The molecule has 2 aromatic carbocycles. The summed E-state index contributed by atoms with van der Waals surface area (Å²) < 4.78 is 5.64. The molecule has 0 spiro atoms. The van der Waals surface area contributed by atoms with Crippen LogP contribution >= 0.6 is 11.6 Å². The van der Waals surface area contributed by atoms with Crippen molar-refractivity contribution in [2.45, 2.75) is 13.5 Å². The Hall–Kier alpha value is -2.00. The van der Waals surface area contributed by atoms with Crippen LogP contribution in [0.4, 0.5) is 5.69 Å². The molecule has 0 bridgehead atoms. The lowest BCUT2D eigenvalue weighted by atomic mass is 10.2. The van der Waals surface area contributed by atoms with Gasteiger partial charge in [0, 0.05) is 10.7 Å². The van der Waals surface area contributed by atoms with Crippen LogP contribution in [0.5, 0.6) is 0 Å². The molecule has 0 saturated carbocycles. The zero-order valence-corrected chi connectivity index (χ0v) is 11.2. The van der Waals surface area contributed by atoms with Crippen molar-refractivity contribution in [1.29, 1.82) is 0 Å². The first-order chi connectivity index (χ1) is 9.20. The van der Waals surface area contributed by atoms with E-state index in [9.17, 15) is 0 Å². The van der Waals surface area contributed by atoms with Crippen LogP contribution in [0.25, 0.3) is 11.1 Å². The highest BCUT2D eigenvalue weighted by Gasteiger charge is 2.05. The number of anilines is 1. The molecule has 3 aromatic rings. The fourth-order valence-corrected chi connectivity index (χ4v) is 2.04. The number of benzene rings is 2. The first-order valence-electron chi connectivity index (χ1n) is 6.06. The van der Waals surface area contributed by atoms with Crippen molar-refractivity contribution in [2.75, 3.05) is 5.32 Å². The molecule has 4 heteroatoms. The van der Waals surface area contributed by atoms with Gasteiger partial charge in [-0.15, -0.1) is 0 Å². The van der Waals surface area contributed by atoms with E-state index in [1.54, 1.807) is 12.1 Å². The largest absolute Gasteiger partial charge is 0.439 e. The third kappa shape index (κ3) is 2.71. The smallest absolute Gasteiger partial charge is 0.214 e. The SMILES string of the molecule is Cc1ccc(NCc2nc3cc(Cl)ccc3o2)cc1. The molecule has 1 N–H and O–H groups in total. The van der Waals surface area contributed by atoms with Gasteiger partial charge in [0.1, 0.15) is 5.52 Å². The Morgan fingerprint density at radius 1 is 1.16 bits per heavy atom. The average Bonchev–Trinajstić information content (AvgIpc) is 2.80. The van der Waals surface area contributed by atoms with Gasteiger partial charge in [-0.2, -0.15) is 0 Å². The molecule has 0 atom stereocenters. The second kappa shape index (κ2) is 4.94. The molecular formula is C15H13ClN2O. The molecule has 0 unspecified atom stereocenters. The van der Waals surface area contributed by atoms with Crippen LogP contribution in [0.2, 0.25) is 5.02 Å². The molecular weight excluding hydrogens is 260 g/mol. The maximum Gasteiger partial charge on any atom is 0.214 e. The summed E-state index contributed by atoms with van der Waals surface area (Å²) in [7, 11) is 0. The minimum Gasteiger partial charge on any atom is -0.439 e. The van der Waals surface area contributed by atoms with Crippen LogP contribution < -0.4 is 5.32 Å². The van der Waals surface area contributed by atoms with E-state index in [4.69, 9.17) is 16.0 Å². The van der Waals surface area contributed by atoms with Crippen molar-refractivity contribution in [1.82, 2.24) is 4.98 Å². The summed E-state index contributed by atoms with van der Waals surface area (Å²) in [4.78, 5) is 4.39. The highest BCUT2D eigenvalue weighted by atomic mass is 35.5. The molecule has 0 aliphatic heterocycles. The van der Waals surface area contributed by atoms with Crippen LogP contribution in [0.1, 0.15) is 11.5 Å². The van der Waals surface area contributed by atoms with Crippen molar-refractivity contribution < 1.29 is 4.42 Å². The number of hydrogen-bond acceptors (Lipinski definition) is 3. The van der Waals surface area contributed by atoms with E-state index < -0.39 is 0 Å². The van der Waals surface area contributed by atoms with Gasteiger partial charge >= 0.3 is 0 Å². The predicted molar refractivity (Wildman–Crippen MR) is 77.5 cm³/mol. The van der Waals surface area contributed by atoms with Gasteiger partial charge in [-0.25, -0.2) is 4.98 Å². The third-order valence-corrected chi connectivity index (χ3v) is 3.12. The van der Waals surface area contributed by atoms with E-state index in [0.29, 0.717) is 17.5 Å². The molecule has 19 heavy (non-hydrogen) atoms. The summed E-state index contributed by atoms with van der Waals surface area (Å²) in [5.41, 5.74) is 3.83. The van der Waals surface area contributed by atoms with Gasteiger partial charge in [0.25, 0.3) is 0 Å². The standard InChI is InChI=1S/C15H13ClN2O/c1-10-2-5-12(6-3-10)17-9-15-18-13-8-11(16)4-7-14(13)19-15/h2-8,17H,9H2,1H3. The van der Waals surface area contributed by atoms with E-state index in [2.05, 4.69) is 29.4 Å². The number of oxazole rings is 1. The van der Waals surface area contributed by atoms with Gasteiger partial charge in [-0.1, -0.05) is 29.3 Å². The van der Waals surface area contributed by atoms with Crippen molar-refractivity contribution in [3.8, 4) is 0 Å². The Bertz CT molecular complexity index is 704. The summed E-state index contributed by atoms with van der Waals surface area (Å²) in [6.45, 7) is 2.61. The second-order valence-electron chi connectivity index (χ2n) is 4.44. The number of halogens is 1. The zero-order valence-electron chi connectivity index (χ0n) is 10.5. The first-order valence-corrected chi connectivity index (χ1v) is 6.44. The number of hydrogen-bond donors (Lipinski definition) is 1. The maximum atomic E-state index is 5.92. The summed E-state index contributed by atoms with van der Waals surface area (Å²) in [5, 5.41) is 3.94. The maximum absolute atomic E-state index is 5.92. The van der Waals surface area contributed by atoms with Crippen LogP contribution in [-0.2, 0) is 6.54 Å². The summed E-state index contributed by atoms with van der Waals surface area (Å²) >= 11 is 5.92. The molecule has 3 nitrogen and oxygen atoms in total. The molecule has 0 saturated heterocycles. The number of aromatic nitrogens is 1. The Morgan fingerprint density at radius 2 is 1.95 bits per heavy atom. The van der Waals surface area contributed by atoms with Crippen molar-refractivity contribution in [3.63, 3.8) is 0 Å². The van der Waals surface area contributed by atoms with Crippen molar-refractivity contribution in [3.05, 3.63) is 58.9 Å². The molecule has 96 valence electrons. The number of fused-ring (bicyclic) bond motifs is 1. The highest BCUT2D eigenvalue weighted by Crippen LogP contribution is 2.20. The first kappa shape index (κ1) is 12.1. The lowest BCUT2D eigenvalue weighted by molar-refractivity contribution is 0.540. The molecule has 0 fully saturated rings. The third-order valence-electron chi connectivity index (χ3n) is 2.89. The molecule has 0 amide bonds. The van der Waals surface area contributed by atoms with Crippen LogP contribution in [-0.4, -0.2) is 4.98 Å². The van der Waals surface area contributed by atoms with E-state index in [1.807, 2.05) is 18.2 Å². The summed E-state index contributed by atoms with van der Waals surface area (Å²) in [6, 6.07) is 13.6. The Kier molecular flexibility index (Phi) is 3.13. The van der Waals surface area contributed by atoms with Gasteiger partial charge in [-0.05, 0) is 37.3 Å². The van der Waals surface area contributed by atoms with E-state index >= 15 is 0 Å². The minimum atomic E-state index is 0.551. The molecule has 0 aliphatic carbocycles. The van der Waals surface area contributed by atoms with E-state index in [0.717, 1.165) is 16.8 Å². The lowest BCUT2D eigenvalue weighted by Crippen LogP contribution is -1.99. The molecule has 0 aliphatic rings. The van der Waals surface area contributed by atoms with Crippen LogP contribution in [0.15, 0.2) is 46.9 Å². The number of nitrogens with zero attached hydrogens (tertiary/aromatic N) is 1. The number of nitrogens with one attached hydrogen (secondary N) is 1. The van der Waals surface area contributed by atoms with Crippen LogP contribution in [0, 0.1) is 6.92 Å². The van der Waals surface area contributed by atoms with Gasteiger partial charge in [0.2, 0.25) is 5.89 Å². The summed E-state index contributed by atoms with van der Waals surface area (Å²) in [6.07, 6.45) is 0. The van der Waals surface area contributed by atoms with Crippen molar-refractivity contribution >= 4 is 28.4 Å². The normalized spacial score (nSPS) is 10.8. The molecule has 1 heterocycles. The van der Waals surface area contributed by atoms with Crippen molar-refractivity contribution in [2.24, 2.45) is 0 Å². The molecule has 1 aromatic heterocycles. The van der Waals surface area contributed by atoms with Gasteiger partial charge in [0.05, 0.1) is 6.54 Å². The fraction of sp³-hybridized carbons (Fsp3) is 0.133. The minimum absolute atomic E-state index is 0.551. The summed E-state index contributed by atoms with van der Waals surface area (Å²) in [5.74, 6) is 0.651. The van der Waals surface area contributed by atoms with Crippen LogP contribution in [0.3, 0.4) is 0 Å². The van der Waals surface area contributed by atoms with Gasteiger partial charge in [-0.3, -0.25) is 0 Å². The fourth-order valence-electron chi connectivity index (χ4n) is 1.87. The van der Waals surface area contributed by atoms with E-state index in [-0.39, 0.29) is 0 Å². The van der Waals surface area contributed by atoms with E-state index in [1.165, 1.54) is 5.56 Å². The Morgan fingerprint density at radius 3 is 2.74 bits per heavy atom. The topological polar surface area (TPSA) is 38.1 Å². The quantitative estimate of drug-likeness (QED) is 0.768. The Labute approximate surface area is 116 Å². The second-order valence-corrected chi connectivity index (χ2v) is 4.88.